The van der Waals surface area contributed by atoms with E-state index >= 15 is 0 Å². The molecule has 0 aliphatic carbocycles. The van der Waals surface area contributed by atoms with Crippen LogP contribution in [-0.2, 0) is 16.0 Å². The number of hydrogen-bond donors (Lipinski definition) is 1. The van der Waals surface area contributed by atoms with Crippen molar-refractivity contribution in [2.24, 2.45) is 5.92 Å². The third kappa shape index (κ3) is 5.50. The van der Waals surface area contributed by atoms with E-state index in [4.69, 9.17) is 9.84 Å². The van der Waals surface area contributed by atoms with Gasteiger partial charge in [0, 0.05) is 0 Å². The number of carbonyl (C=O) groups is 1. The van der Waals surface area contributed by atoms with Gasteiger partial charge in [-0.1, -0.05) is 37.3 Å². The number of carbonyl (C=O) groups excluding carboxylic acids is 1. The molecule has 94 valence electrons. The van der Waals surface area contributed by atoms with Gasteiger partial charge < -0.3 is 9.84 Å². The van der Waals surface area contributed by atoms with E-state index in [-0.39, 0.29) is 25.1 Å². The summed E-state index contributed by atoms with van der Waals surface area (Å²) >= 11 is 0. The van der Waals surface area contributed by atoms with E-state index in [9.17, 15) is 4.79 Å². The number of aliphatic hydroxyl groups excluding tert-OH is 1. The van der Waals surface area contributed by atoms with Crippen molar-refractivity contribution in [2.75, 3.05) is 13.2 Å². The third-order valence-electron chi connectivity index (χ3n) is 2.68. The van der Waals surface area contributed by atoms with Crippen LogP contribution in [0.1, 0.15) is 25.3 Å². The molecular weight excluding hydrogens is 216 g/mol. The Bertz CT molecular complexity index is 321. The Balaban J connectivity index is 2.20. The predicted molar refractivity (Wildman–Crippen MR) is 66.6 cm³/mol. The lowest BCUT2D eigenvalue weighted by atomic mass is 10.0. The first-order chi connectivity index (χ1) is 8.24. The first kappa shape index (κ1) is 13.7. The van der Waals surface area contributed by atoms with E-state index < -0.39 is 0 Å². The van der Waals surface area contributed by atoms with E-state index in [1.54, 1.807) is 0 Å². The van der Waals surface area contributed by atoms with E-state index in [0.717, 1.165) is 19.3 Å². The Labute approximate surface area is 102 Å². The highest BCUT2D eigenvalue weighted by atomic mass is 16.5. The van der Waals surface area contributed by atoms with Crippen molar-refractivity contribution in [3.63, 3.8) is 0 Å². The minimum Gasteiger partial charge on any atom is -0.463 e. The summed E-state index contributed by atoms with van der Waals surface area (Å²) in [6.45, 7) is 1.86. The Morgan fingerprint density at radius 2 is 2.06 bits per heavy atom. The summed E-state index contributed by atoms with van der Waals surface area (Å²) in [7, 11) is 0. The summed E-state index contributed by atoms with van der Waals surface area (Å²) < 4.78 is 4.87. The number of hydrogen-bond acceptors (Lipinski definition) is 3. The smallest absolute Gasteiger partial charge is 0.308 e. The molecule has 0 radical (unpaired) electrons. The lowest BCUT2D eigenvalue weighted by molar-refractivity contribution is -0.149. The number of aryl methyl sites for hydroxylation is 1. The van der Waals surface area contributed by atoms with Gasteiger partial charge in [-0.15, -0.1) is 0 Å². The molecule has 0 aromatic heterocycles. The molecule has 0 bridgehead atoms. The topological polar surface area (TPSA) is 46.5 Å². The lowest BCUT2D eigenvalue weighted by Crippen LogP contribution is -2.16. The molecule has 0 heterocycles. The van der Waals surface area contributed by atoms with Crippen molar-refractivity contribution in [1.29, 1.82) is 0 Å². The number of esters is 1. The van der Waals surface area contributed by atoms with Gasteiger partial charge in [-0.05, 0) is 24.8 Å². The zero-order valence-corrected chi connectivity index (χ0v) is 10.3. The Morgan fingerprint density at radius 3 is 2.71 bits per heavy atom. The minimum atomic E-state index is -0.216. The molecular formula is C14H20O3. The maximum Gasteiger partial charge on any atom is 0.308 e. The maximum absolute atomic E-state index is 11.4. The van der Waals surface area contributed by atoms with Crippen LogP contribution in [-0.4, -0.2) is 24.3 Å². The van der Waals surface area contributed by atoms with Crippen LogP contribution in [0.3, 0.4) is 0 Å². The quantitative estimate of drug-likeness (QED) is 0.738. The molecule has 1 unspecified atom stereocenters. The van der Waals surface area contributed by atoms with E-state index in [2.05, 4.69) is 12.1 Å². The molecule has 3 heteroatoms. The van der Waals surface area contributed by atoms with Crippen molar-refractivity contribution >= 4 is 5.97 Å². The molecule has 0 aliphatic heterocycles. The molecule has 0 saturated heterocycles. The largest absolute Gasteiger partial charge is 0.463 e. The van der Waals surface area contributed by atoms with Gasteiger partial charge in [-0.3, -0.25) is 4.79 Å². The van der Waals surface area contributed by atoms with Gasteiger partial charge in [0.25, 0.3) is 0 Å². The molecule has 1 atom stereocenters. The van der Waals surface area contributed by atoms with Crippen LogP contribution in [0.15, 0.2) is 30.3 Å². The maximum atomic E-state index is 11.4. The van der Waals surface area contributed by atoms with Crippen molar-refractivity contribution < 1.29 is 14.6 Å². The second-order valence-corrected chi connectivity index (χ2v) is 4.17. The van der Waals surface area contributed by atoms with Crippen LogP contribution in [0.4, 0.5) is 0 Å². The summed E-state index contributed by atoms with van der Waals surface area (Å²) in [4.78, 5) is 11.4. The predicted octanol–water partition coefficient (Wildman–Crippen LogP) is 2.18. The third-order valence-corrected chi connectivity index (χ3v) is 2.68. The van der Waals surface area contributed by atoms with Gasteiger partial charge >= 0.3 is 5.97 Å². The Hall–Kier alpha value is -1.35. The zero-order valence-electron chi connectivity index (χ0n) is 10.3. The number of ether oxygens (including phenoxy) is 1. The summed E-state index contributed by atoms with van der Waals surface area (Å²) in [6, 6.07) is 10.2. The monoisotopic (exact) mass is 236 g/mol. The molecule has 1 N–H and O–H groups in total. The van der Waals surface area contributed by atoms with Crippen molar-refractivity contribution in [3.05, 3.63) is 35.9 Å². The summed E-state index contributed by atoms with van der Waals surface area (Å²) in [5.74, 6) is -0.308. The first-order valence-electron chi connectivity index (χ1n) is 6.05. The van der Waals surface area contributed by atoms with Crippen LogP contribution in [0.5, 0.6) is 0 Å². The molecule has 0 aliphatic rings. The number of benzene rings is 1. The molecule has 1 rings (SSSR count). The summed E-state index contributed by atoms with van der Waals surface area (Å²) in [5, 5.41) is 8.54. The first-order valence-corrected chi connectivity index (χ1v) is 6.05. The van der Waals surface area contributed by atoms with Crippen LogP contribution in [0, 0.1) is 5.92 Å². The molecule has 0 spiro atoms. The zero-order chi connectivity index (χ0) is 12.5. The van der Waals surface area contributed by atoms with E-state index in [1.165, 1.54) is 5.56 Å². The Kier molecular flexibility index (Phi) is 6.33. The molecule has 0 fully saturated rings. The molecule has 0 amide bonds. The molecule has 17 heavy (non-hydrogen) atoms. The highest BCUT2D eigenvalue weighted by Crippen LogP contribution is 2.11. The van der Waals surface area contributed by atoms with Crippen molar-refractivity contribution in [2.45, 2.75) is 26.2 Å². The molecule has 1 aromatic rings. The molecule has 3 nitrogen and oxygen atoms in total. The van der Waals surface area contributed by atoms with Crippen LogP contribution < -0.4 is 0 Å². The van der Waals surface area contributed by atoms with Crippen molar-refractivity contribution in [3.8, 4) is 0 Å². The highest BCUT2D eigenvalue weighted by Gasteiger charge is 2.13. The fourth-order valence-electron chi connectivity index (χ4n) is 1.66. The molecule has 1 aromatic carbocycles. The fourth-order valence-corrected chi connectivity index (χ4v) is 1.66. The SMILES string of the molecule is CC(CCCc1ccccc1)C(=O)OCCO. The molecule has 0 saturated carbocycles. The minimum absolute atomic E-state index is 0.0923. The van der Waals surface area contributed by atoms with Crippen LogP contribution in [0.25, 0.3) is 0 Å². The van der Waals surface area contributed by atoms with E-state index in [0.29, 0.717) is 0 Å². The van der Waals surface area contributed by atoms with Crippen LogP contribution in [0.2, 0.25) is 0 Å². The van der Waals surface area contributed by atoms with Gasteiger partial charge in [-0.2, -0.15) is 0 Å². The number of rotatable bonds is 7. The van der Waals surface area contributed by atoms with Gasteiger partial charge in [0.1, 0.15) is 6.61 Å². The summed E-state index contributed by atoms with van der Waals surface area (Å²) in [5.41, 5.74) is 1.29. The second-order valence-electron chi connectivity index (χ2n) is 4.17. The van der Waals surface area contributed by atoms with Gasteiger partial charge in [0.2, 0.25) is 0 Å². The van der Waals surface area contributed by atoms with Gasteiger partial charge in [0.15, 0.2) is 0 Å². The van der Waals surface area contributed by atoms with Crippen LogP contribution >= 0.6 is 0 Å². The summed E-state index contributed by atoms with van der Waals surface area (Å²) in [6.07, 6.45) is 2.77. The van der Waals surface area contributed by atoms with Crippen molar-refractivity contribution in [1.82, 2.24) is 0 Å². The normalized spacial score (nSPS) is 12.1. The second kappa shape index (κ2) is 7.85. The highest BCUT2D eigenvalue weighted by molar-refractivity contribution is 5.71. The van der Waals surface area contributed by atoms with Gasteiger partial charge in [0.05, 0.1) is 12.5 Å². The van der Waals surface area contributed by atoms with E-state index in [1.807, 2.05) is 25.1 Å². The lowest BCUT2D eigenvalue weighted by Gasteiger charge is -2.10. The average Bonchev–Trinajstić information content (AvgIpc) is 2.37. The number of aliphatic hydroxyl groups is 1. The average molecular weight is 236 g/mol. The standard InChI is InChI=1S/C14H20O3/c1-12(14(16)17-11-10-15)6-5-9-13-7-3-2-4-8-13/h2-4,7-8,12,15H,5-6,9-11H2,1H3. The fraction of sp³-hybridized carbons (Fsp3) is 0.500. The van der Waals surface area contributed by atoms with Gasteiger partial charge in [-0.25, -0.2) is 0 Å². The Morgan fingerprint density at radius 1 is 1.35 bits per heavy atom.